The number of amides is 4. The number of methoxy groups -OCH3 is 1. The maximum absolute atomic E-state index is 13.9. The van der Waals surface area contributed by atoms with Gasteiger partial charge in [-0.25, -0.2) is 14.6 Å². The van der Waals surface area contributed by atoms with Crippen molar-refractivity contribution >= 4 is 35.3 Å². The van der Waals surface area contributed by atoms with Crippen LogP contribution in [-0.4, -0.2) is 83.6 Å². The second-order valence-electron chi connectivity index (χ2n) is 13.7. The number of aliphatic hydroxyl groups is 1. The van der Waals surface area contributed by atoms with Crippen molar-refractivity contribution < 1.29 is 33.8 Å². The molecular weight excluding hydrogens is 697 g/mol. The van der Waals surface area contributed by atoms with Gasteiger partial charge < -0.3 is 35.8 Å². The Bertz CT molecular complexity index is 1750. The maximum atomic E-state index is 13.9. The van der Waals surface area contributed by atoms with Gasteiger partial charge in [0.25, 0.3) is 5.91 Å². The number of hydrogen-bond acceptors (Lipinski definition) is 10. The van der Waals surface area contributed by atoms with Gasteiger partial charge in [0, 0.05) is 36.7 Å². The highest BCUT2D eigenvalue weighted by molar-refractivity contribution is 7.07. The van der Waals surface area contributed by atoms with Crippen LogP contribution in [0.15, 0.2) is 89.9 Å². The zero-order chi connectivity index (χ0) is 38.4. The molecule has 13 nitrogen and oxygen atoms in total. The fourth-order valence-corrected chi connectivity index (χ4v) is 6.32. The monoisotopic (exact) mass is 744 g/mol. The smallest absolute Gasteiger partial charge is 0.407 e. The van der Waals surface area contributed by atoms with Crippen molar-refractivity contribution in [3.63, 3.8) is 0 Å². The van der Waals surface area contributed by atoms with E-state index in [4.69, 9.17) is 9.47 Å². The summed E-state index contributed by atoms with van der Waals surface area (Å²) in [5, 5.41) is 24.7. The van der Waals surface area contributed by atoms with Gasteiger partial charge in [-0.1, -0.05) is 81.4 Å². The number of hydrogen-bond donors (Lipinski definition) is 5. The van der Waals surface area contributed by atoms with Crippen LogP contribution < -0.4 is 21.3 Å². The van der Waals surface area contributed by atoms with E-state index in [0.717, 1.165) is 22.4 Å². The van der Waals surface area contributed by atoms with Crippen molar-refractivity contribution in [2.45, 2.75) is 76.8 Å². The molecule has 0 unspecified atom stereocenters. The van der Waals surface area contributed by atoms with Crippen LogP contribution in [0, 0.1) is 5.41 Å². The Labute approximate surface area is 313 Å². The average Bonchev–Trinajstić information content (AvgIpc) is 3.66. The molecule has 4 amide bonds. The van der Waals surface area contributed by atoms with Crippen molar-refractivity contribution in [2.24, 2.45) is 5.41 Å². The molecule has 5 N–H and O–H groups in total. The van der Waals surface area contributed by atoms with E-state index < -0.39 is 59.7 Å². The summed E-state index contributed by atoms with van der Waals surface area (Å²) in [5.74, 6) is -1.07. The summed E-state index contributed by atoms with van der Waals surface area (Å²) >= 11 is 1.35. The van der Waals surface area contributed by atoms with E-state index in [1.165, 1.54) is 25.5 Å². The third kappa shape index (κ3) is 12.7. The lowest BCUT2D eigenvalue weighted by Gasteiger charge is -2.33. The summed E-state index contributed by atoms with van der Waals surface area (Å²) in [6, 6.07) is 20.3. The number of nitrogens with one attached hydrogen (secondary N) is 4. The number of aromatic nitrogens is 2. The molecule has 0 saturated carbocycles. The summed E-state index contributed by atoms with van der Waals surface area (Å²) in [4.78, 5) is 60.8. The molecule has 0 aliphatic carbocycles. The number of carbonyl (C=O) groups is 4. The van der Waals surface area contributed by atoms with E-state index >= 15 is 0 Å². The molecule has 53 heavy (non-hydrogen) atoms. The zero-order valence-corrected chi connectivity index (χ0v) is 31.4. The minimum absolute atomic E-state index is 0.0215. The highest BCUT2D eigenvalue weighted by atomic mass is 32.1. The zero-order valence-electron chi connectivity index (χ0n) is 30.6. The minimum atomic E-state index is -1.23. The number of aliphatic hydroxyl groups excluding tert-OH is 1. The van der Waals surface area contributed by atoms with E-state index in [-0.39, 0.29) is 19.3 Å². The number of benzene rings is 2. The van der Waals surface area contributed by atoms with Crippen molar-refractivity contribution in [3.05, 3.63) is 107 Å². The predicted octanol–water partition coefficient (Wildman–Crippen LogP) is 4.45. The average molecular weight is 745 g/mol. The van der Waals surface area contributed by atoms with E-state index in [1.807, 2.05) is 93.6 Å². The van der Waals surface area contributed by atoms with E-state index in [9.17, 15) is 24.3 Å². The number of alkyl carbamates (subject to hydrolysis) is 2. The third-order valence-electron chi connectivity index (χ3n) is 8.56. The molecule has 14 heteroatoms. The van der Waals surface area contributed by atoms with Gasteiger partial charge in [-0.3, -0.25) is 14.6 Å². The molecule has 0 spiro atoms. The van der Waals surface area contributed by atoms with E-state index in [1.54, 1.807) is 17.1 Å². The molecule has 0 saturated heterocycles. The first kappa shape index (κ1) is 40.4. The first-order chi connectivity index (χ1) is 25.4. The van der Waals surface area contributed by atoms with Crippen molar-refractivity contribution in [3.8, 4) is 11.3 Å². The van der Waals surface area contributed by atoms with Crippen molar-refractivity contribution in [1.29, 1.82) is 0 Å². The van der Waals surface area contributed by atoms with Crippen LogP contribution in [0.25, 0.3) is 11.3 Å². The highest BCUT2D eigenvalue weighted by Gasteiger charge is 2.36. The molecule has 4 aromatic rings. The van der Waals surface area contributed by atoms with E-state index in [0.29, 0.717) is 12.1 Å². The standard InChI is InChI=1S/C39H48N6O7S/c1-39(2,3)34(45-38(50)51-5)36(48)43-28(19-26-14-16-27(17-15-26)30-13-9-10-18-41-30)21-32(46)31(20-25-11-7-6-8-12-25)44-35(47)33(52-37(49)40-4)22-29-23-53-24-42-29/h6-18,23-24,28,31-34,46H,19-22H2,1-5H3,(H,40,49)(H,43,48)(H,44,47)(H,45,50)/t28-,31-,32-,33-,34+/m0/s1. The van der Waals surface area contributed by atoms with Crippen LogP contribution in [0.1, 0.15) is 44.0 Å². The molecule has 0 aliphatic heterocycles. The Kier molecular flexibility index (Phi) is 14.9. The molecule has 0 aliphatic rings. The lowest BCUT2D eigenvalue weighted by Crippen LogP contribution is -2.57. The Morgan fingerprint density at radius 2 is 1.51 bits per heavy atom. The Morgan fingerprint density at radius 1 is 0.811 bits per heavy atom. The number of nitrogens with zero attached hydrogens (tertiary/aromatic N) is 2. The van der Waals surface area contributed by atoms with Gasteiger partial charge in [-0.15, -0.1) is 11.3 Å². The normalized spacial score (nSPS) is 14.1. The van der Waals surface area contributed by atoms with Gasteiger partial charge in [0.2, 0.25) is 5.91 Å². The third-order valence-corrected chi connectivity index (χ3v) is 9.19. The summed E-state index contributed by atoms with van der Waals surface area (Å²) in [6.45, 7) is 5.46. The number of rotatable bonds is 16. The van der Waals surface area contributed by atoms with Crippen molar-refractivity contribution in [2.75, 3.05) is 14.2 Å². The second-order valence-corrected chi connectivity index (χ2v) is 14.4. The minimum Gasteiger partial charge on any atom is -0.453 e. The fraction of sp³-hybridized carbons (Fsp3) is 0.385. The summed E-state index contributed by atoms with van der Waals surface area (Å²) in [5.41, 5.74) is 4.97. The number of carbonyl (C=O) groups excluding carboxylic acids is 4. The van der Waals surface area contributed by atoms with Crippen molar-refractivity contribution in [1.82, 2.24) is 31.2 Å². The van der Waals surface area contributed by atoms with Gasteiger partial charge in [0.05, 0.1) is 36.2 Å². The predicted molar refractivity (Wildman–Crippen MR) is 202 cm³/mol. The number of ether oxygens (including phenoxy) is 2. The van der Waals surface area contributed by atoms with Gasteiger partial charge >= 0.3 is 12.2 Å². The topological polar surface area (TPSA) is 181 Å². The molecule has 0 bridgehead atoms. The molecule has 2 heterocycles. The van der Waals surface area contributed by atoms with Gasteiger partial charge in [0.1, 0.15) is 6.04 Å². The van der Waals surface area contributed by atoms with Gasteiger partial charge in [-0.05, 0) is 47.9 Å². The first-order valence-electron chi connectivity index (χ1n) is 17.3. The SMILES string of the molecule is CNC(=O)O[C@@H](Cc1cscn1)C(=O)N[C@@H](Cc1ccccc1)[C@@H](O)C[C@H](Cc1ccc(-c2ccccn2)cc1)NC(=O)[C@@H](NC(=O)OC)C(C)(C)C. The quantitative estimate of drug-likeness (QED) is 0.111. The molecule has 4 rings (SSSR count). The molecule has 0 fully saturated rings. The van der Waals surface area contributed by atoms with Crippen LogP contribution in [0.2, 0.25) is 0 Å². The highest BCUT2D eigenvalue weighted by Crippen LogP contribution is 2.23. The molecular formula is C39H48N6O7S. The lowest BCUT2D eigenvalue weighted by molar-refractivity contribution is -0.131. The van der Waals surface area contributed by atoms with Gasteiger partial charge in [-0.2, -0.15) is 0 Å². The van der Waals surface area contributed by atoms with Crippen LogP contribution in [0.4, 0.5) is 9.59 Å². The number of pyridine rings is 1. The Hall–Kier alpha value is -5.34. The van der Waals surface area contributed by atoms with E-state index in [2.05, 4.69) is 31.2 Å². The molecule has 2 aromatic heterocycles. The van der Waals surface area contributed by atoms with Crippen LogP contribution in [-0.2, 0) is 38.3 Å². The van der Waals surface area contributed by atoms with Crippen LogP contribution in [0.3, 0.4) is 0 Å². The first-order valence-corrected chi connectivity index (χ1v) is 18.2. The molecule has 0 radical (unpaired) electrons. The largest absolute Gasteiger partial charge is 0.453 e. The number of thiazole rings is 1. The maximum Gasteiger partial charge on any atom is 0.407 e. The van der Waals surface area contributed by atoms with Gasteiger partial charge in [0.15, 0.2) is 6.10 Å². The summed E-state index contributed by atoms with van der Waals surface area (Å²) < 4.78 is 10.2. The Morgan fingerprint density at radius 3 is 2.11 bits per heavy atom. The van der Waals surface area contributed by atoms with Crippen LogP contribution in [0.5, 0.6) is 0 Å². The van der Waals surface area contributed by atoms with Crippen LogP contribution >= 0.6 is 11.3 Å². The summed E-state index contributed by atoms with van der Waals surface area (Å²) in [6.07, 6.45) is -1.61. The molecule has 282 valence electrons. The fourth-order valence-electron chi connectivity index (χ4n) is 5.75. The Balaban J connectivity index is 1.62. The molecule has 5 atom stereocenters. The second kappa shape index (κ2) is 19.5. The lowest BCUT2D eigenvalue weighted by atomic mass is 9.85. The summed E-state index contributed by atoms with van der Waals surface area (Å²) in [7, 11) is 2.62. The molecule has 2 aromatic carbocycles.